The van der Waals surface area contributed by atoms with Gasteiger partial charge in [0, 0.05) is 0 Å². The molecule has 0 amide bonds. The van der Waals surface area contributed by atoms with Crippen molar-refractivity contribution in [3.05, 3.63) is 12.7 Å². The fourth-order valence-corrected chi connectivity index (χ4v) is 1.97. The highest BCUT2D eigenvalue weighted by atomic mass is 31.2. The van der Waals surface area contributed by atoms with Crippen LogP contribution in [0.25, 0.3) is 0 Å². The average molecular weight is 178 g/mol. The van der Waals surface area contributed by atoms with Crippen LogP contribution in [0, 0.1) is 0 Å². The lowest BCUT2D eigenvalue weighted by Crippen LogP contribution is -2.06. The smallest absolute Gasteiger partial charge is 0.324 e. The normalized spacial score (nSPS) is 14.5. The summed E-state index contributed by atoms with van der Waals surface area (Å²) in [6, 6.07) is 0. The van der Waals surface area contributed by atoms with Gasteiger partial charge in [0.05, 0.1) is 5.66 Å². The van der Waals surface area contributed by atoms with Gasteiger partial charge in [0.2, 0.25) is 0 Å². The lowest BCUT2D eigenvalue weighted by Gasteiger charge is -2.14. The van der Waals surface area contributed by atoms with Crippen LogP contribution in [0.2, 0.25) is 0 Å². The molecule has 1 atom stereocenters. The van der Waals surface area contributed by atoms with E-state index in [0.717, 1.165) is 6.42 Å². The molecule has 0 bridgehead atoms. The van der Waals surface area contributed by atoms with Crippen molar-refractivity contribution in [2.24, 2.45) is 0 Å². The molecule has 3 nitrogen and oxygen atoms in total. The van der Waals surface area contributed by atoms with Gasteiger partial charge in [-0.2, -0.15) is 0 Å². The predicted octanol–water partition coefficient (Wildman–Crippen LogP) is 1.91. The van der Waals surface area contributed by atoms with Crippen LogP contribution in [0.1, 0.15) is 26.2 Å². The van der Waals surface area contributed by atoms with E-state index in [-0.39, 0.29) is 0 Å². The fourth-order valence-electron chi connectivity index (χ4n) is 0.949. The first-order chi connectivity index (χ1) is 5.02. The monoisotopic (exact) mass is 178 g/mol. The van der Waals surface area contributed by atoms with E-state index in [1.54, 1.807) is 6.08 Å². The Kier molecular flexibility index (Phi) is 4.66. The van der Waals surface area contributed by atoms with Crippen molar-refractivity contribution in [3.8, 4) is 0 Å². The Balaban J connectivity index is 4.09. The van der Waals surface area contributed by atoms with Crippen molar-refractivity contribution in [2.75, 3.05) is 0 Å². The highest BCUT2D eigenvalue weighted by Gasteiger charge is 2.25. The molecule has 0 saturated carbocycles. The Hall–Kier alpha value is -0.110. The van der Waals surface area contributed by atoms with Crippen LogP contribution in [0.15, 0.2) is 12.7 Å². The summed E-state index contributed by atoms with van der Waals surface area (Å²) in [5.41, 5.74) is -0.523. The first kappa shape index (κ1) is 10.9. The zero-order chi connectivity index (χ0) is 8.91. The molecule has 0 aliphatic carbocycles. The Labute approximate surface area is 67.3 Å². The molecule has 0 aromatic rings. The third-order valence-electron chi connectivity index (χ3n) is 1.54. The molecular formula is C7H15O3P. The van der Waals surface area contributed by atoms with E-state index >= 15 is 0 Å². The number of allylic oxidation sites excluding steroid dienone is 1. The van der Waals surface area contributed by atoms with Gasteiger partial charge in [0.1, 0.15) is 0 Å². The highest BCUT2D eigenvalue weighted by Crippen LogP contribution is 2.45. The van der Waals surface area contributed by atoms with E-state index in [1.165, 1.54) is 0 Å². The summed E-state index contributed by atoms with van der Waals surface area (Å²) in [6.45, 7) is 5.36. The van der Waals surface area contributed by atoms with Crippen molar-refractivity contribution in [1.82, 2.24) is 0 Å². The molecule has 11 heavy (non-hydrogen) atoms. The maximum atomic E-state index is 10.8. The van der Waals surface area contributed by atoms with E-state index in [1.807, 2.05) is 6.92 Å². The number of hydrogen-bond donors (Lipinski definition) is 2. The second-order valence-corrected chi connectivity index (χ2v) is 4.46. The molecule has 0 aliphatic rings. The van der Waals surface area contributed by atoms with Crippen molar-refractivity contribution in [1.29, 1.82) is 0 Å². The molecule has 0 aromatic carbocycles. The molecule has 2 N–H and O–H groups in total. The summed E-state index contributed by atoms with van der Waals surface area (Å²) >= 11 is 0. The predicted molar refractivity (Wildman–Crippen MR) is 45.6 cm³/mol. The molecule has 0 heterocycles. The minimum atomic E-state index is -3.88. The van der Waals surface area contributed by atoms with E-state index in [9.17, 15) is 4.57 Å². The van der Waals surface area contributed by atoms with Gasteiger partial charge in [-0.1, -0.05) is 19.4 Å². The number of rotatable bonds is 5. The topological polar surface area (TPSA) is 57.5 Å². The summed E-state index contributed by atoms with van der Waals surface area (Å²) in [6.07, 6.45) is 3.32. The molecule has 1 unspecified atom stereocenters. The van der Waals surface area contributed by atoms with Crippen molar-refractivity contribution in [3.63, 3.8) is 0 Å². The minimum absolute atomic E-state index is 0.401. The Bertz CT molecular complexity index is 161. The van der Waals surface area contributed by atoms with E-state index < -0.39 is 13.3 Å². The molecule has 0 radical (unpaired) electrons. The standard InChI is InChI=1S/C7H15O3P/c1-3-5-7(6-4-2)11(8,9)10/h3,7H,1,4-6H2,2H3,(H2,8,9,10). The van der Waals surface area contributed by atoms with E-state index in [2.05, 4.69) is 6.58 Å². The summed E-state index contributed by atoms with van der Waals surface area (Å²) < 4.78 is 10.8. The van der Waals surface area contributed by atoms with Gasteiger partial charge in [0.25, 0.3) is 0 Å². The van der Waals surface area contributed by atoms with Gasteiger partial charge in [-0.25, -0.2) is 0 Å². The van der Waals surface area contributed by atoms with E-state index in [4.69, 9.17) is 9.79 Å². The van der Waals surface area contributed by atoms with Gasteiger partial charge in [-0.05, 0) is 12.8 Å². The third kappa shape index (κ3) is 4.35. The molecule has 0 rings (SSSR count). The minimum Gasteiger partial charge on any atom is -0.324 e. The van der Waals surface area contributed by atoms with Crippen LogP contribution < -0.4 is 0 Å². The van der Waals surface area contributed by atoms with Crippen molar-refractivity contribution in [2.45, 2.75) is 31.8 Å². The van der Waals surface area contributed by atoms with Gasteiger partial charge in [-0.3, -0.25) is 4.57 Å². The Morgan fingerprint density at radius 3 is 2.45 bits per heavy atom. The van der Waals surface area contributed by atoms with Crippen molar-refractivity contribution < 1.29 is 14.4 Å². The van der Waals surface area contributed by atoms with E-state index in [0.29, 0.717) is 12.8 Å². The first-order valence-electron chi connectivity index (χ1n) is 3.68. The van der Waals surface area contributed by atoms with Gasteiger partial charge < -0.3 is 9.79 Å². The lowest BCUT2D eigenvalue weighted by atomic mass is 10.2. The molecule has 0 aliphatic heterocycles. The fraction of sp³-hybridized carbons (Fsp3) is 0.714. The lowest BCUT2D eigenvalue weighted by molar-refractivity contribution is 0.353. The number of hydrogen-bond acceptors (Lipinski definition) is 1. The second kappa shape index (κ2) is 4.70. The summed E-state index contributed by atoms with van der Waals surface area (Å²) in [5, 5.41) is 0. The van der Waals surface area contributed by atoms with Crippen LogP contribution in [-0.2, 0) is 4.57 Å². The molecular weight excluding hydrogens is 163 g/mol. The quantitative estimate of drug-likeness (QED) is 0.499. The highest BCUT2D eigenvalue weighted by molar-refractivity contribution is 7.52. The van der Waals surface area contributed by atoms with Crippen LogP contribution in [0.3, 0.4) is 0 Å². The summed E-state index contributed by atoms with van der Waals surface area (Å²) in [7, 11) is -3.88. The van der Waals surface area contributed by atoms with Crippen molar-refractivity contribution >= 4 is 7.60 Å². The largest absolute Gasteiger partial charge is 0.328 e. The first-order valence-corrected chi connectivity index (χ1v) is 5.36. The molecule has 0 aromatic heterocycles. The molecule has 0 saturated heterocycles. The Morgan fingerprint density at radius 1 is 1.64 bits per heavy atom. The van der Waals surface area contributed by atoms with Gasteiger partial charge in [0.15, 0.2) is 0 Å². The average Bonchev–Trinajstić information content (AvgIpc) is 1.85. The molecule has 66 valence electrons. The molecule has 0 spiro atoms. The maximum absolute atomic E-state index is 10.8. The van der Waals surface area contributed by atoms with Gasteiger partial charge in [-0.15, -0.1) is 6.58 Å². The van der Waals surface area contributed by atoms with Gasteiger partial charge >= 0.3 is 7.60 Å². The zero-order valence-electron chi connectivity index (χ0n) is 6.73. The second-order valence-electron chi connectivity index (χ2n) is 2.56. The maximum Gasteiger partial charge on any atom is 0.328 e. The summed E-state index contributed by atoms with van der Waals surface area (Å²) in [5.74, 6) is 0. The zero-order valence-corrected chi connectivity index (χ0v) is 7.63. The SMILES string of the molecule is C=CCC(CCC)P(=O)(O)O. The third-order valence-corrected chi connectivity index (χ3v) is 2.96. The summed E-state index contributed by atoms with van der Waals surface area (Å²) in [4.78, 5) is 17.6. The van der Waals surface area contributed by atoms with Crippen LogP contribution in [0.4, 0.5) is 0 Å². The van der Waals surface area contributed by atoms with Crippen LogP contribution in [0.5, 0.6) is 0 Å². The molecule has 0 fully saturated rings. The van der Waals surface area contributed by atoms with Crippen LogP contribution in [-0.4, -0.2) is 15.4 Å². The van der Waals surface area contributed by atoms with Crippen LogP contribution >= 0.6 is 7.60 Å². The molecule has 4 heteroatoms. The Morgan fingerprint density at radius 2 is 2.18 bits per heavy atom.